The summed E-state index contributed by atoms with van der Waals surface area (Å²) >= 11 is 0. The van der Waals surface area contributed by atoms with Crippen LogP contribution in [0.1, 0.15) is 73.8 Å². The van der Waals surface area contributed by atoms with Gasteiger partial charge in [0.15, 0.2) is 0 Å². The Morgan fingerprint density at radius 1 is 0.667 bits per heavy atom. The van der Waals surface area contributed by atoms with E-state index in [4.69, 9.17) is 0 Å². The van der Waals surface area contributed by atoms with Crippen molar-refractivity contribution in [2.75, 3.05) is 4.90 Å². The van der Waals surface area contributed by atoms with Crippen molar-refractivity contribution in [3.05, 3.63) is 172 Å². The fourth-order valence-electron chi connectivity index (χ4n) is 9.27. The van der Waals surface area contributed by atoms with E-state index in [0.717, 1.165) is 38.5 Å². The van der Waals surface area contributed by atoms with Gasteiger partial charge in [0.1, 0.15) is 0 Å². The van der Waals surface area contributed by atoms with Crippen molar-refractivity contribution in [3.63, 3.8) is 0 Å². The van der Waals surface area contributed by atoms with Gasteiger partial charge in [0.05, 0.1) is 5.52 Å². The number of allylic oxidation sites excluding steroid dienone is 5. The van der Waals surface area contributed by atoms with Gasteiger partial charge in [0.2, 0.25) is 0 Å². The molecule has 0 saturated heterocycles. The van der Waals surface area contributed by atoms with Gasteiger partial charge in [-0.05, 0) is 132 Å². The minimum absolute atomic E-state index is 0.0486. The second-order valence-electron chi connectivity index (χ2n) is 15.1. The predicted octanol–water partition coefficient (Wildman–Crippen LogP) is 11.2. The summed E-state index contributed by atoms with van der Waals surface area (Å²) in [5, 5.41) is 4.06. The van der Waals surface area contributed by atoms with E-state index in [1.165, 1.54) is 88.7 Å². The Morgan fingerprint density at radius 3 is 2.39 bits per heavy atom. The highest BCUT2D eigenvalue weighted by molar-refractivity contribution is 5.89. The van der Waals surface area contributed by atoms with Gasteiger partial charge in [0.25, 0.3) is 0 Å². The van der Waals surface area contributed by atoms with Gasteiger partial charge in [-0.2, -0.15) is 0 Å². The standard InChI is InChI=1S/C49H42N2/c1-49(2)44-20-10-8-18-40(44)41-29-28-38(32-45(41)49)50(46-22-12-14-34-13-6-7-17-39(34)46)37-26-23-33(24-27-37)35-25-30-48-43(31-35)42-19-9-11-21-47(42)51(48)36-15-4-3-5-16-36/h3-6,8,10,12-16,18-23,25-26,28-32H,7,9,11,17,24,27H2,1-2H3. The second-order valence-corrected chi connectivity index (χ2v) is 15.1. The number of rotatable bonds is 5. The summed E-state index contributed by atoms with van der Waals surface area (Å²) < 4.78 is 2.45. The van der Waals surface area contributed by atoms with E-state index >= 15 is 0 Å². The van der Waals surface area contributed by atoms with Crippen molar-refractivity contribution < 1.29 is 0 Å². The Balaban J connectivity index is 1.09. The fourth-order valence-corrected chi connectivity index (χ4v) is 9.27. The molecule has 0 bridgehead atoms. The maximum absolute atomic E-state index is 2.58. The van der Waals surface area contributed by atoms with Crippen molar-refractivity contribution in [3.8, 4) is 16.8 Å². The van der Waals surface area contributed by atoms with Gasteiger partial charge in [-0.25, -0.2) is 0 Å². The molecule has 6 aromatic rings. The predicted molar refractivity (Wildman–Crippen MR) is 216 cm³/mol. The van der Waals surface area contributed by atoms with Gasteiger partial charge in [0, 0.05) is 44.1 Å². The van der Waals surface area contributed by atoms with Crippen molar-refractivity contribution in [1.82, 2.24) is 4.57 Å². The number of nitrogens with zero attached hydrogens (tertiary/aromatic N) is 2. The van der Waals surface area contributed by atoms with Crippen LogP contribution in [0.4, 0.5) is 11.4 Å². The van der Waals surface area contributed by atoms with Crippen molar-refractivity contribution in [1.29, 1.82) is 0 Å². The van der Waals surface area contributed by atoms with Crippen LogP contribution in [0.2, 0.25) is 0 Å². The summed E-state index contributed by atoms with van der Waals surface area (Å²) in [6.45, 7) is 4.77. The Kier molecular flexibility index (Phi) is 6.96. The van der Waals surface area contributed by atoms with E-state index in [1.54, 1.807) is 0 Å². The SMILES string of the molecule is CC1(C)c2ccccc2-c2ccc(N(C3=CC=C(c4ccc5c(c4)c4c(n5-c5ccccc5)=CCCC=4)CC3)c3cccc4c3CCC=C4)cc21. The molecule has 2 heteroatoms. The molecule has 0 saturated carbocycles. The molecule has 51 heavy (non-hydrogen) atoms. The van der Waals surface area contributed by atoms with Crippen LogP contribution in [0.3, 0.4) is 0 Å². The third-order valence-corrected chi connectivity index (χ3v) is 11.8. The van der Waals surface area contributed by atoms with Crippen LogP contribution in [0.25, 0.3) is 51.5 Å². The zero-order chi connectivity index (χ0) is 34.1. The Bertz CT molecular complexity index is 2610. The molecule has 0 aliphatic heterocycles. The van der Waals surface area contributed by atoms with Crippen LogP contribution in [-0.4, -0.2) is 4.57 Å². The smallest absolute Gasteiger partial charge is 0.0541 e. The summed E-state index contributed by atoms with van der Waals surface area (Å²) in [7, 11) is 0. The van der Waals surface area contributed by atoms with Gasteiger partial charge in [-0.3, -0.25) is 0 Å². The molecule has 1 aromatic heterocycles. The number of anilines is 2. The number of benzene rings is 5. The lowest BCUT2D eigenvalue weighted by Gasteiger charge is -2.33. The average Bonchev–Trinajstić information content (AvgIpc) is 3.63. The first-order valence-electron chi connectivity index (χ1n) is 18.7. The lowest BCUT2D eigenvalue weighted by molar-refractivity contribution is 0.660. The maximum atomic E-state index is 2.58. The molecule has 10 rings (SSSR count). The van der Waals surface area contributed by atoms with Gasteiger partial charge in [-0.15, -0.1) is 0 Å². The summed E-state index contributed by atoms with van der Waals surface area (Å²) in [6, 6.07) is 41.0. The maximum Gasteiger partial charge on any atom is 0.0541 e. The number of aromatic nitrogens is 1. The Morgan fingerprint density at radius 2 is 1.51 bits per heavy atom. The zero-order valence-electron chi connectivity index (χ0n) is 29.5. The minimum atomic E-state index is -0.0486. The highest BCUT2D eigenvalue weighted by Gasteiger charge is 2.36. The number of para-hydroxylation sites is 1. The quantitative estimate of drug-likeness (QED) is 0.179. The average molecular weight is 659 g/mol. The van der Waals surface area contributed by atoms with Crippen LogP contribution in [0, 0.1) is 0 Å². The van der Waals surface area contributed by atoms with Crippen LogP contribution in [-0.2, 0) is 11.8 Å². The van der Waals surface area contributed by atoms with Crippen molar-refractivity contribution in [2.45, 2.75) is 57.8 Å². The normalized spacial score (nSPS) is 16.6. The monoisotopic (exact) mass is 658 g/mol. The lowest BCUT2D eigenvalue weighted by Crippen LogP contribution is -2.30. The first-order valence-corrected chi connectivity index (χ1v) is 18.7. The molecule has 0 spiro atoms. The highest BCUT2D eigenvalue weighted by atomic mass is 15.2. The molecule has 5 aromatic carbocycles. The minimum Gasteiger partial charge on any atom is -0.314 e. The molecule has 0 fully saturated rings. The molecule has 248 valence electrons. The van der Waals surface area contributed by atoms with Crippen LogP contribution < -0.4 is 15.5 Å². The molecular weight excluding hydrogens is 617 g/mol. The van der Waals surface area contributed by atoms with Crippen LogP contribution in [0.15, 0.2) is 133 Å². The molecular formula is C49H42N2. The summed E-state index contributed by atoms with van der Waals surface area (Å²) in [5.41, 5.74) is 17.5. The van der Waals surface area contributed by atoms with E-state index in [-0.39, 0.29) is 5.41 Å². The Hall–Kier alpha value is -5.60. The first-order chi connectivity index (χ1) is 25.1. The molecule has 4 aliphatic carbocycles. The number of fused-ring (bicyclic) bond motifs is 7. The molecule has 4 aliphatic rings. The third kappa shape index (κ3) is 4.77. The van der Waals surface area contributed by atoms with E-state index in [1.807, 2.05) is 0 Å². The summed E-state index contributed by atoms with van der Waals surface area (Å²) in [4.78, 5) is 2.58. The van der Waals surface area contributed by atoms with E-state index in [9.17, 15) is 0 Å². The molecule has 0 amide bonds. The molecule has 0 radical (unpaired) electrons. The highest BCUT2D eigenvalue weighted by Crippen LogP contribution is 2.51. The van der Waals surface area contributed by atoms with Crippen LogP contribution in [0.5, 0.6) is 0 Å². The molecule has 0 atom stereocenters. The summed E-state index contributed by atoms with van der Waals surface area (Å²) in [5.74, 6) is 0. The molecule has 2 nitrogen and oxygen atoms in total. The van der Waals surface area contributed by atoms with E-state index < -0.39 is 0 Å². The molecule has 0 unspecified atom stereocenters. The lowest BCUT2D eigenvalue weighted by atomic mass is 9.82. The van der Waals surface area contributed by atoms with Crippen molar-refractivity contribution in [2.24, 2.45) is 0 Å². The van der Waals surface area contributed by atoms with E-state index in [0.29, 0.717) is 0 Å². The van der Waals surface area contributed by atoms with Gasteiger partial charge in [-0.1, -0.05) is 111 Å². The topological polar surface area (TPSA) is 8.17 Å². The molecule has 1 heterocycles. The first kappa shape index (κ1) is 30.2. The summed E-state index contributed by atoms with van der Waals surface area (Å²) in [6.07, 6.45) is 20.6. The van der Waals surface area contributed by atoms with Crippen LogP contribution >= 0.6 is 0 Å². The number of hydrogen-bond donors (Lipinski definition) is 0. The van der Waals surface area contributed by atoms with Crippen molar-refractivity contribution >= 4 is 46.1 Å². The van der Waals surface area contributed by atoms with Gasteiger partial charge >= 0.3 is 0 Å². The number of hydrogen-bond acceptors (Lipinski definition) is 1. The van der Waals surface area contributed by atoms with E-state index in [2.05, 4.69) is 169 Å². The van der Waals surface area contributed by atoms with Gasteiger partial charge < -0.3 is 9.47 Å². The largest absolute Gasteiger partial charge is 0.314 e. The Labute approximate surface area is 300 Å². The molecule has 0 N–H and O–H groups in total. The third-order valence-electron chi connectivity index (χ3n) is 11.8. The zero-order valence-corrected chi connectivity index (χ0v) is 29.5. The fraction of sp³-hybridized carbons (Fsp3) is 0.184. The second kappa shape index (κ2) is 11.7.